The van der Waals surface area contributed by atoms with E-state index in [-0.39, 0.29) is 30.8 Å². The van der Waals surface area contributed by atoms with Crippen molar-refractivity contribution in [3.63, 3.8) is 0 Å². The molecule has 2 rings (SSSR count). The Bertz CT molecular complexity index is 1040. The van der Waals surface area contributed by atoms with Gasteiger partial charge in [0, 0.05) is 20.1 Å². The van der Waals surface area contributed by atoms with Gasteiger partial charge in [0.1, 0.15) is 12.1 Å². The number of hydrogen-bond donors (Lipinski definition) is 6. The molecule has 13 nitrogen and oxygen atoms in total. The van der Waals surface area contributed by atoms with Crippen molar-refractivity contribution >= 4 is 29.7 Å². The number of methoxy groups -OCH3 is 1. The van der Waals surface area contributed by atoms with Crippen molar-refractivity contribution in [2.75, 3.05) is 27.2 Å². The number of nitrogens with one attached hydrogen (secondary N) is 3. The molecule has 234 valence electrons. The van der Waals surface area contributed by atoms with Gasteiger partial charge in [-0.15, -0.1) is 0 Å². The topological polar surface area (TPSA) is 200 Å². The van der Waals surface area contributed by atoms with Crippen LogP contribution < -0.4 is 21.7 Å². The number of piperidine rings is 1. The number of carboxylic acids is 2. The van der Waals surface area contributed by atoms with Gasteiger partial charge in [-0.25, -0.2) is 4.79 Å². The SMILES string of the molecule is CN[C@@H](Cc1ccccc1)C(=O)N[C@@H](CCCCN)C(=O)N1CCC[C@@H](OC)[C@H]1CCC(=O)N[C@@H](CC(=O)O)C(=O)O. The van der Waals surface area contributed by atoms with E-state index in [0.29, 0.717) is 51.6 Å². The molecule has 3 amide bonds. The summed E-state index contributed by atoms with van der Waals surface area (Å²) in [6.45, 7) is 0.860. The molecule has 1 aliphatic rings. The second kappa shape index (κ2) is 18.1. The number of carbonyl (C=O) groups is 5. The lowest BCUT2D eigenvalue weighted by Gasteiger charge is -2.42. The minimum Gasteiger partial charge on any atom is -0.481 e. The number of carboxylic acid groups (broad SMARTS) is 2. The highest BCUT2D eigenvalue weighted by atomic mass is 16.5. The van der Waals surface area contributed by atoms with Gasteiger partial charge in [-0.2, -0.15) is 0 Å². The van der Waals surface area contributed by atoms with E-state index in [9.17, 15) is 29.1 Å². The van der Waals surface area contributed by atoms with Crippen molar-refractivity contribution in [3.05, 3.63) is 35.9 Å². The molecule has 42 heavy (non-hydrogen) atoms. The molecular weight excluding hydrogens is 546 g/mol. The van der Waals surface area contributed by atoms with Gasteiger partial charge in [-0.1, -0.05) is 30.3 Å². The Morgan fingerprint density at radius 3 is 2.36 bits per heavy atom. The predicted molar refractivity (Wildman–Crippen MR) is 154 cm³/mol. The summed E-state index contributed by atoms with van der Waals surface area (Å²) in [5, 5.41) is 26.4. The van der Waals surface area contributed by atoms with E-state index in [1.807, 2.05) is 30.3 Å². The van der Waals surface area contributed by atoms with E-state index >= 15 is 0 Å². The number of benzene rings is 1. The number of hydrogen-bond acceptors (Lipinski definition) is 8. The number of aliphatic carboxylic acids is 2. The summed E-state index contributed by atoms with van der Waals surface area (Å²) in [6, 6.07) is 6.14. The molecule has 1 heterocycles. The van der Waals surface area contributed by atoms with Gasteiger partial charge < -0.3 is 41.5 Å². The third-order valence-electron chi connectivity index (χ3n) is 7.49. The predicted octanol–water partition coefficient (Wildman–Crippen LogP) is 0.261. The van der Waals surface area contributed by atoms with Crippen LogP contribution in [0.25, 0.3) is 0 Å². The van der Waals surface area contributed by atoms with Crippen molar-refractivity contribution in [3.8, 4) is 0 Å². The minimum absolute atomic E-state index is 0.138. The number of nitrogens with two attached hydrogens (primary N) is 1. The highest BCUT2D eigenvalue weighted by molar-refractivity contribution is 5.90. The first-order chi connectivity index (χ1) is 20.1. The number of unbranched alkanes of at least 4 members (excludes halogenated alkanes) is 1. The molecule has 0 spiro atoms. The standard InChI is InChI=1S/C29H45N5O8/c1-31-21(17-19-9-4-3-5-10-19)27(38)33-20(11-6-7-15-30)28(39)34-16-8-12-24(42-2)23(34)13-14-25(35)32-22(29(40)41)18-26(36)37/h3-5,9-10,20-24,31H,6-8,11-18,30H2,1-2H3,(H,32,35)(H,33,38)(H,36,37)(H,40,41)/t20-,21-,22-,23+,24+/m0/s1. The Balaban J connectivity index is 2.17. The van der Waals surface area contributed by atoms with Gasteiger partial charge in [0.25, 0.3) is 0 Å². The van der Waals surface area contributed by atoms with E-state index in [1.54, 1.807) is 11.9 Å². The number of amides is 3. The molecule has 0 radical (unpaired) electrons. The van der Waals surface area contributed by atoms with Gasteiger partial charge in [0.15, 0.2) is 0 Å². The quantitative estimate of drug-likeness (QED) is 0.129. The van der Waals surface area contributed by atoms with Crippen LogP contribution in [0, 0.1) is 0 Å². The first-order valence-electron chi connectivity index (χ1n) is 14.4. The average molecular weight is 592 g/mol. The van der Waals surface area contributed by atoms with Crippen LogP contribution in [0.2, 0.25) is 0 Å². The van der Waals surface area contributed by atoms with Crippen LogP contribution in [-0.4, -0.2) is 102 Å². The van der Waals surface area contributed by atoms with Gasteiger partial charge in [-0.3, -0.25) is 19.2 Å². The number of likely N-dealkylation sites (N-methyl/N-ethyl adjacent to an activating group) is 1. The summed E-state index contributed by atoms with van der Waals surface area (Å²) < 4.78 is 5.66. The monoisotopic (exact) mass is 591 g/mol. The third kappa shape index (κ3) is 11.0. The van der Waals surface area contributed by atoms with E-state index in [0.717, 1.165) is 5.56 Å². The van der Waals surface area contributed by atoms with E-state index in [2.05, 4.69) is 16.0 Å². The normalized spacial score (nSPS) is 18.9. The van der Waals surface area contributed by atoms with Crippen molar-refractivity contribution in [1.82, 2.24) is 20.9 Å². The number of nitrogens with zero attached hydrogens (tertiary/aromatic N) is 1. The molecule has 0 bridgehead atoms. The Morgan fingerprint density at radius 1 is 1.05 bits per heavy atom. The second-order valence-electron chi connectivity index (χ2n) is 10.5. The number of likely N-dealkylation sites (tertiary alicyclic amines) is 1. The highest BCUT2D eigenvalue weighted by Crippen LogP contribution is 2.25. The maximum absolute atomic E-state index is 14.0. The molecule has 13 heteroatoms. The Hall–Kier alpha value is -3.55. The average Bonchev–Trinajstić information content (AvgIpc) is 2.97. The van der Waals surface area contributed by atoms with E-state index in [4.69, 9.17) is 15.6 Å². The molecule has 0 aliphatic carbocycles. The molecule has 0 aromatic heterocycles. The lowest BCUT2D eigenvalue weighted by molar-refractivity contribution is -0.147. The largest absolute Gasteiger partial charge is 0.481 e. The van der Waals surface area contributed by atoms with E-state index in [1.165, 1.54) is 7.11 Å². The van der Waals surface area contributed by atoms with Crippen LogP contribution in [0.5, 0.6) is 0 Å². The van der Waals surface area contributed by atoms with Crippen LogP contribution in [0.1, 0.15) is 56.9 Å². The minimum atomic E-state index is -1.56. The van der Waals surface area contributed by atoms with Crippen LogP contribution in [-0.2, 0) is 35.1 Å². The zero-order chi connectivity index (χ0) is 31.1. The maximum Gasteiger partial charge on any atom is 0.326 e. The molecule has 1 aliphatic heterocycles. The molecule has 7 N–H and O–H groups in total. The van der Waals surface area contributed by atoms with Gasteiger partial charge in [-0.05, 0) is 64.1 Å². The zero-order valence-electron chi connectivity index (χ0n) is 24.4. The third-order valence-corrected chi connectivity index (χ3v) is 7.49. The zero-order valence-corrected chi connectivity index (χ0v) is 24.4. The van der Waals surface area contributed by atoms with Crippen LogP contribution in [0.4, 0.5) is 0 Å². The molecule has 1 aromatic rings. The van der Waals surface area contributed by atoms with Crippen LogP contribution >= 0.6 is 0 Å². The summed E-state index contributed by atoms with van der Waals surface area (Å²) in [5.74, 6) is -4.02. The number of carbonyl (C=O) groups excluding carboxylic acids is 3. The molecule has 1 fully saturated rings. The molecule has 0 saturated carbocycles. The van der Waals surface area contributed by atoms with Crippen molar-refractivity contribution in [1.29, 1.82) is 0 Å². The number of ether oxygens (including phenoxy) is 1. The Morgan fingerprint density at radius 2 is 1.76 bits per heavy atom. The van der Waals surface area contributed by atoms with Crippen molar-refractivity contribution < 1.29 is 38.9 Å². The van der Waals surface area contributed by atoms with Gasteiger partial charge in [0.2, 0.25) is 17.7 Å². The van der Waals surface area contributed by atoms with Crippen molar-refractivity contribution in [2.45, 2.75) is 88.1 Å². The lowest BCUT2D eigenvalue weighted by atomic mass is 9.93. The molecule has 0 unspecified atom stereocenters. The molecule has 1 aromatic carbocycles. The summed E-state index contributed by atoms with van der Waals surface area (Å²) in [7, 11) is 3.22. The fourth-order valence-electron chi connectivity index (χ4n) is 5.23. The maximum atomic E-state index is 14.0. The van der Waals surface area contributed by atoms with E-state index < -0.39 is 48.4 Å². The fraction of sp³-hybridized carbons (Fsp3) is 0.621. The molecule has 1 saturated heterocycles. The lowest BCUT2D eigenvalue weighted by Crippen LogP contribution is -2.59. The Kier molecular flexibility index (Phi) is 14.9. The summed E-state index contributed by atoms with van der Waals surface area (Å²) >= 11 is 0. The Labute approximate surface area is 246 Å². The molecular formula is C29H45N5O8. The van der Waals surface area contributed by atoms with Crippen molar-refractivity contribution in [2.24, 2.45) is 5.73 Å². The highest BCUT2D eigenvalue weighted by Gasteiger charge is 2.38. The summed E-state index contributed by atoms with van der Waals surface area (Å²) in [4.78, 5) is 63.8. The molecule has 5 atom stereocenters. The first-order valence-corrected chi connectivity index (χ1v) is 14.4. The van der Waals surface area contributed by atoms with Gasteiger partial charge in [0.05, 0.1) is 24.6 Å². The fourth-order valence-corrected chi connectivity index (χ4v) is 5.23. The number of rotatable bonds is 18. The summed E-state index contributed by atoms with van der Waals surface area (Å²) in [6.07, 6.45) is 2.39. The summed E-state index contributed by atoms with van der Waals surface area (Å²) in [5.41, 5.74) is 6.66. The second-order valence-corrected chi connectivity index (χ2v) is 10.5. The van der Waals surface area contributed by atoms with Gasteiger partial charge >= 0.3 is 11.9 Å². The van der Waals surface area contributed by atoms with Crippen LogP contribution in [0.15, 0.2) is 30.3 Å². The smallest absolute Gasteiger partial charge is 0.326 e. The van der Waals surface area contributed by atoms with Crippen LogP contribution in [0.3, 0.4) is 0 Å². The first kappa shape index (κ1) is 34.7.